The van der Waals surface area contributed by atoms with Crippen molar-refractivity contribution in [3.05, 3.63) is 38.3 Å². The molecule has 1 aliphatic heterocycles. The van der Waals surface area contributed by atoms with E-state index in [4.69, 9.17) is 5.73 Å². The highest BCUT2D eigenvalue weighted by atomic mass is 79.9. The number of nitrogens with zero attached hydrogens (tertiary/aromatic N) is 3. The normalized spacial score (nSPS) is 15.6. The van der Waals surface area contributed by atoms with Crippen LogP contribution in [0.2, 0.25) is 0 Å². The smallest absolute Gasteiger partial charge is 0.149 e. The number of nitrogens with one attached hydrogen (secondary N) is 1. The van der Waals surface area contributed by atoms with E-state index in [0.717, 1.165) is 44.8 Å². The van der Waals surface area contributed by atoms with E-state index in [1.165, 1.54) is 12.8 Å². The lowest BCUT2D eigenvalue weighted by atomic mass is 10.1. The van der Waals surface area contributed by atoms with Crippen LogP contribution in [0.3, 0.4) is 0 Å². The molecule has 0 saturated heterocycles. The van der Waals surface area contributed by atoms with Gasteiger partial charge in [0, 0.05) is 28.5 Å². The summed E-state index contributed by atoms with van der Waals surface area (Å²) in [6.07, 6.45) is 3.45. The number of aromatic nitrogens is 3. The Bertz CT molecular complexity index is 683. The van der Waals surface area contributed by atoms with Gasteiger partial charge in [-0.2, -0.15) is 0 Å². The highest BCUT2D eigenvalue weighted by Gasteiger charge is 2.20. The van der Waals surface area contributed by atoms with Crippen LogP contribution in [0.1, 0.15) is 43.0 Å². The molecule has 0 spiro atoms. The van der Waals surface area contributed by atoms with Crippen molar-refractivity contribution in [2.75, 3.05) is 5.73 Å². The molecule has 22 heavy (non-hydrogen) atoms. The number of benzene rings is 1. The van der Waals surface area contributed by atoms with Crippen LogP contribution in [0.4, 0.5) is 5.69 Å². The Kier molecular flexibility index (Phi) is 4.84. The largest absolute Gasteiger partial charge is 0.398 e. The van der Waals surface area contributed by atoms with Crippen molar-refractivity contribution in [1.82, 2.24) is 20.1 Å². The number of halogens is 2. The van der Waals surface area contributed by atoms with Gasteiger partial charge in [-0.25, -0.2) is 0 Å². The molecule has 1 aromatic heterocycles. The summed E-state index contributed by atoms with van der Waals surface area (Å²) < 4.78 is 4.17. The number of fused-ring (bicyclic) bond motifs is 1. The van der Waals surface area contributed by atoms with E-state index in [1.54, 1.807) is 0 Å². The second kappa shape index (κ2) is 6.68. The summed E-state index contributed by atoms with van der Waals surface area (Å²) >= 11 is 6.99. The highest BCUT2D eigenvalue weighted by Crippen LogP contribution is 2.28. The Morgan fingerprint density at radius 2 is 2.14 bits per heavy atom. The van der Waals surface area contributed by atoms with Crippen molar-refractivity contribution >= 4 is 37.5 Å². The summed E-state index contributed by atoms with van der Waals surface area (Å²) in [5.41, 5.74) is 7.96. The van der Waals surface area contributed by atoms with E-state index in [1.807, 2.05) is 12.1 Å². The molecule has 0 amide bonds. The zero-order chi connectivity index (χ0) is 15.7. The molecule has 3 N–H and O–H groups in total. The molecule has 0 radical (unpaired) electrons. The van der Waals surface area contributed by atoms with Crippen molar-refractivity contribution < 1.29 is 0 Å². The molecule has 1 aromatic carbocycles. The zero-order valence-electron chi connectivity index (χ0n) is 12.4. The molecule has 0 aliphatic carbocycles. The van der Waals surface area contributed by atoms with Crippen LogP contribution >= 0.6 is 31.9 Å². The maximum absolute atomic E-state index is 6.13. The van der Waals surface area contributed by atoms with Crippen molar-refractivity contribution in [2.45, 2.75) is 45.3 Å². The second-order valence-corrected chi connectivity index (χ2v) is 7.42. The summed E-state index contributed by atoms with van der Waals surface area (Å²) in [4.78, 5) is 0. The van der Waals surface area contributed by atoms with Gasteiger partial charge < -0.3 is 15.6 Å². The van der Waals surface area contributed by atoms with Gasteiger partial charge in [-0.3, -0.25) is 0 Å². The third-order valence-electron chi connectivity index (χ3n) is 4.05. The van der Waals surface area contributed by atoms with Crippen molar-refractivity contribution in [3.8, 4) is 0 Å². The first kappa shape index (κ1) is 16.0. The van der Waals surface area contributed by atoms with Crippen molar-refractivity contribution in [3.63, 3.8) is 0 Å². The van der Waals surface area contributed by atoms with Crippen molar-refractivity contribution in [2.24, 2.45) is 0 Å². The molecule has 0 saturated carbocycles. The minimum atomic E-state index is 0.136. The van der Waals surface area contributed by atoms with Gasteiger partial charge in [0.1, 0.15) is 11.6 Å². The number of nitrogen functional groups attached to an aromatic ring is 1. The molecule has 1 unspecified atom stereocenters. The monoisotopic (exact) mass is 427 g/mol. The summed E-state index contributed by atoms with van der Waals surface area (Å²) in [7, 11) is 0. The van der Waals surface area contributed by atoms with Gasteiger partial charge >= 0.3 is 0 Å². The molecule has 0 bridgehead atoms. The van der Waals surface area contributed by atoms with Gasteiger partial charge in [-0.15, -0.1) is 10.2 Å². The topological polar surface area (TPSA) is 68.8 Å². The average Bonchev–Trinajstić information content (AvgIpc) is 2.93. The first-order valence-electron chi connectivity index (χ1n) is 7.45. The number of hydrogen-bond acceptors (Lipinski definition) is 4. The molecule has 2 heterocycles. The molecular weight excluding hydrogens is 410 g/mol. The standard InChI is InChI=1S/C15H19Br2N5/c1-9(15-21-20-13-4-2-3-5-22(13)15)19-8-10-6-11(16)7-12(17)14(10)18/h6-7,9,19H,2-5,8,18H2,1H3. The van der Waals surface area contributed by atoms with Gasteiger partial charge in [-0.1, -0.05) is 15.9 Å². The van der Waals surface area contributed by atoms with Crippen LogP contribution in [-0.2, 0) is 19.5 Å². The lowest BCUT2D eigenvalue weighted by molar-refractivity contribution is 0.465. The molecule has 3 rings (SSSR count). The first-order valence-corrected chi connectivity index (χ1v) is 9.03. The lowest BCUT2D eigenvalue weighted by Gasteiger charge is -2.19. The van der Waals surface area contributed by atoms with E-state index < -0.39 is 0 Å². The number of nitrogens with two attached hydrogens (primary N) is 1. The molecule has 7 heteroatoms. The van der Waals surface area contributed by atoms with Crippen molar-refractivity contribution in [1.29, 1.82) is 0 Å². The lowest BCUT2D eigenvalue weighted by Crippen LogP contribution is -2.24. The van der Waals surface area contributed by atoms with E-state index in [2.05, 4.69) is 58.9 Å². The van der Waals surface area contributed by atoms with E-state index in [9.17, 15) is 0 Å². The minimum Gasteiger partial charge on any atom is -0.398 e. The molecular formula is C15H19Br2N5. The van der Waals surface area contributed by atoms with E-state index in [-0.39, 0.29) is 6.04 Å². The number of aryl methyl sites for hydroxylation is 1. The summed E-state index contributed by atoms with van der Waals surface area (Å²) in [5, 5.41) is 12.2. The molecule has 118 valence electrons. The first-order chi connectivity index (χ1) is 10.6. The third-order valence-corrected chi connectivity index (χ3v) is 5.17. The van der Waals surface area contributed by atoms with Gasteiger partial charge in [0.2, 0.25) is 0 Å². The van der Waals surface area contributed by atoms with Crippen LogP contribution in [-0.4, -0.2) is 14.8 Å². The van der Waals surface area contributed by atoms with Gasteiger partial charge in [0.05, 0.1) is 11.7 Å². The number of anilines is 1. The van der Waals surface area contributed by atoms with Crippen LogP contribution in [0.15, 0.2) is 21.1 Å². The van der Waals surface area contributed by atoms with Gasteiger partial charge in [-0.05, 0) is 53.4 Å². The minimum absolute atomic E-state index is 0.136. The van der Waals surface area contributed by atoms with Crippen LogP contribution in [0.5, 0.6) is 0 Å². The SMILES string of the molecule is CC(NCc1cc(Br)cc(Br)c1N)c1nnc2n1CCCC2. The predicted octanol–water partition coefficient (Wildman–Crippen LogP) is 3.57. The average molecular weight is 429 g/mol. The maximum Gasteiger partial charge on any atom is 0.149 e. The fourth-order valence-corrected chi connectivity index (χ4v) is 4.10. The fourth-order valence-electron chi connectivity index (χ4n) is 2.79. The molecule has 0 fully saturated rings. The van der Waals surface area contributed by atoms with Gasteiger partial charge in [0.25, 0.3) is 0 Å². The Balaban J connectivity index is 1.73. The Labute approximate surface area is 146 Å². The molecule has 2 aromatic rings. The van der Waals surface area contributed by atoms with E-state index >= 15 is 0 Å². The molecule has 1 atom stereocenters. The summed E-state index contributed by atoms with van der Waals surface area (Å²) in [5.74, 6) is 2.13. The highest BCUT2D eigenvalue weighted by molar-refractivity contribution is 9.11. The number of rotatable bonds is 4. The Morgan fingerprint density at radius 3 is 2.95 bits per heavy atom. The zero-order valence-corrected chi connectivity index (χ0v) is 15.6. The summed E-state index contributed by atoms with van der Waals surface area (Å²) in [6, 6.07) is 4.13. The van der Waals surface area contributed by atoms with Gasteiger partial charge in [0.15, 0.2) is 0 Å². The number of hydrogen-bond donors (Lipinski definition) is 2. The fraction of sp³-hybridized carbons (Fsp3) is 0.467. The Morgan fingerprint density at radius 1 is 1.32 bits per heavy atom. The summed E-state index contributed by atoms with van der Waals surface area (Å²) in [6.45, 7) is 3.83. The predicted molar refractivity (Wildman–Crippen MR) is 94.5 cm³/mol. The van der Waals surface area contributed by atoms with Crippen LogP contribution < -0.4 is 11.1 Å². The molecule has 5 nitrogen and oxygen atoms in total. The Hall–Kier alpha value is -0.920. The molecule has 1 aliphatic rings. The van der Waals surface area contributed by atoms with Crippen LogP contribution in [0, 0.1) is 0 Å². The third kappa shape index (κ3) is 3.21. The van der Waals surface area contributed by atoms with E-state index in [0.29, 0.717) is 6.54 Å². The quantitative estimate of drug-likeness (QED) is 0.730. The van der Waals surface area contributed by atoms with Crippen LogP contribution in [0.25, 0.3) is 0 Å². The second-order valence-electron chi connectivity index (χ2n) is 5.65. The maximum atomic E-state index is 6.13.